The summed E-state index contributed by atoms with van der Waals surface area (Å²) in [5.74, 6) is -2.50. The molecule has 0 aliphatic heterocycles. The molecule has 0 atom stereocenters. The predicted molar refractivity (Wildman–Crippen MR) is 113 cm³/mol. The number of para-hydroxylation sites is 2. The first-order chi connectivity index (χ1) is 13.6. The molecule has 177 valence electrons. The van der Waals surface area contributed by atoms with Gasteiger partial charge in [-0.2, -0.15) is 0 Å². The van der Waals surface area contributed by atoms with Crippen molar-refractivity contribution in [1.82, 2.24) is 0 Å². The minimum Gasteiger partial charge on any atom is -0.699 e. The van der Waals surface area contributed by atoms with E-state index in [1.807, 2.05) is 78.0 Å². The van der Waals surface area contributed by atoms with Crippen molar-refractivity contribution in [1.29, 1.82) is 0 Å². The molecule has 0 aliphatic rings. The molecule has 0 bridgehead atoms. The Labute approximate surface area is 209 Å². The van der Waals surface area contributed by atoms with Crippen LogP contribution < -0.4 is 0 Å². The third-order valence-corrected chi connectivity index (χ3v) is 2.02. The van der Waals surface area contributed by atoms with Crippen LogP contribution in [0.3, 0.4) is 0 Å². The van der Waals surface area contributed by atoms with Gasteiger partial charge in [-0.1, -0.05) is 60.7 Å². The zero-order chi connectivity index (χ0) is 23.1. The van der Waals surface area contributed by atoms with Crippen LogP contribution in [0.15, 0.2) is 60.7 Å². The summed E-state index contributed by atoms with van der Waals surface area (Å²) in [5, 5.41) is 30.9. The Balaban J connectivity index is -0.000000119. The predicted octanol–water partition coefficient (Wildman–Crippen LogP) is 4.49. The van der Waals surface area contributed by atoms with E-state index in [0.717, 1.165) is 32.1 Å². The van der Waals surface area contributed by atoms with Gasteiger partial charge in [0.2, 0.25) is 0 Å². The van der Waals surface area contributed by atoms with E-state index in [4.69, 9.17) is 29.7 Å². The van der Waals surface area contributed by atoms with Crippen molar-refractivity contribution < 1.29 is 72.0 Å². The van der Waals surface area contributed by atoms with Crippen LogP contribution in [0.4, 0.5) is 11.4 Å². The minimum atomic E-state index is -0.833. The summed E-state index contributed by atoms with van der Waals surface area (Å²) in [7, 11) is 4.57. The van der Waals surface area contributed by atoms with Crippen LogP contribution in [0.5, 0.6) is 0 Å². The molecular weight excluding hydrogens is 606 g/mol. The van der Waals surface area contributed by atoms with Crippen molar-refractivity contribution in [3.63, 3.8) is 0 Å². The van der Waals surface area contributed by atoms with Gasteiger partial charge in [0.1, 0.15) is 0 Å². The molecule has 2 rings (SSSR count). The van der Waals surface area contributed by atoms with Crippen molar-refractivity contribution >= 4 is 39.0 Å². The molecule has 12 heteroatoms. The van der Waals surface area contributed by atoms with E-state index >= 15 is 0 Å². The minimum absolute atomic E-state index is 0. The number of hydrogen-bond donors (Lipinski definition) is 3. The Morgan fingerprint density at radius 1 is 0.710 bits per heavy atom. The van der Waals surface area contributed by atoms with Crippen LogP contribution in [0.1, 0.15) is 20.8 Å². The summed E-state index contributed by atoms with van der Waals surface area (Å²) in [6.45, 7) is 3.73. The number of aliphatic carboxylic acids is 3. The number of benzene rings is 2. The first-order valence-electron chi connectivity index (χ1n) is 7.82. The van der Waals surface area contributed by atoms with Gasteiger partial charge in [-0.15, -0.1) is 11.4 Å². The van der Waals surface area contributed by atoms with Crippen LogP contribution in [-0.4, -0.2) is 45.4 Å². The zero-order valence-electron chi connectivity index (χ0n) is 17.0. The molecule has 31 heavy (non-hydrogen) atoms. The molecule has 5 N–H and O–H groups in total. The second-order valence-corrected chi connectivity index (χ2v) is 4.69. The molecule has 0 fully saturated rings. The van der Waals surface area contributed by atoms with Crippen molar-refractivity contribution in [2.24, 2.45) is 0 Å². The molecule has 1 radical (unpaired) electrons. The molecule has 2 aromatic rings. The van der Waals surface area contributed by atoms with Crippen LogP contribution in [-0.2, 0) is 51.2 Å². The number of halogens is 1. The molecule has 2 aromatic carbocycles. The Morgan fingerprint density at radius 2 is 0.903 bits per heavy atom. The Kier molecular flexibility index (Phi) is 38.3. The van der Waals surface area contributed by atoms with E-state index < -0.39 is 17.9 Å². The van der Waals surface area contributed by atoms with Gasteiger partial charge in [0.25, 0.3) is 17.9 Å². The van der Waals surface area contributed by atoms with Crippen LogP contribution in [0, 0.1) is 0 Å². The fourth-order valence-electron chi connectivity index (χ4n) is 1.27. The summed E-state index contributed by atoms with van der Waals surface area (Å²) >= 11 is 1.82. The second kappa shape index (κ2) is 30.1. The Morgan fingerprint density at radius 3 is 1.10 bits per heavy atom. The van der Waals surface area contributed by atoms with Gasteiger partial charge in [-0.3, -0.25) is 14.4 Å². The molecule has 0 aliphatic carbocycles. The smallest absolute Gasteiger partial charge is 0.699 e. The van der Waals surface area contributed by atoms with Gasteiger partial charge in [-0.05, 0) is 0 Å². The fraction of sp³-hybridized carbons (Fsp3) is 0.211. The number of nitrogens with zero attached hydrogens (tertiary/aromatic N) is 2. The van der Waals surface area contributed by atoms with E-state index in [9.17, 15) is 0 Å². The van der Waals surface area contributed by atoms with Crippen LogP contribution in [0.25, 0.3) is 10.6 Å². The number of rotatable bonds is 4. The number of carboxylic acids is 3. The molecule has 0 unspecified atom stereocenters. The molecule has 0 heterocycles. The van der Waals surface area contributed by atoms with Crippen LogP contribution in [0.2, 0.25) is 0 Å². The fourth-order valence-corrected chi connectivity index (χ4v) is 1.27. The summed E-state index contributed by atoms with van der Waals surface area (Å²) in [6, 6.07) is 19.7. The normalized spacial score (nSPS) is 7.26. The summed E-state index contributed by atoms with van der Waals surface area (Å²) < 4.78 is 0. The van der Waals surface area contributed by atoms with E-state index in [-0.39, 0.29) is 25.0 Å². The van der Waals surface area contributed by atoms with Gasteiger partial charge in [0, 0.05) is 20.8 Å². The number of hydrogen-bond acceptors (Lipinski definition) is 3. The number of carbonyl (C=O) groups is 3. The third kappa shape index (κ3) is 47.3. The quantitative estimate of drug-likeness (QED) is 0.420. The molecule has 0 spiro atoms. The summed E-state index contributed by atoms with van der Waals surface area (Å²) in [5.41, 5.74) is 1.94. The molecule has 9 nitrogen and oxygen atoms in total. The monoisotopic (exact) mass is 633 g/mol. The second-order valence-electron chi connectivity index (χ2n) is 4.69. The van der Waals surface area contributed by atoms with E-state index in [0.29, 0.717) is 6.67 Å². The van der Waals surface area contributed by atoms with Crippen molar-refractivity contribution in [3.8, 4) is 0 Å². The van der Waals surface area contributed by atoms with E-state index in [2.05, 4.69) is 20.3 Å². The van der Waals surface area contributed by atoms with Gasteiger partial charge in [0.05, 0.1) is 0 Å². The van der Waals surface area contributed by atoms with E-state index in [1.54, 1.807) is 0 Å². The molecule has 0 saturated heterocycles. The molecule has 0 amide bonds. The summed E-state index contributed by atoms with van der Waals surface area (Å²) in [6.07, 6.45) is 0. The van der Waals surface area contributed by atoms with Gasteiger partial charge in [0.15, 0.2) is 0 Å². The first-order valence-corrected chi connectivity index (χ1v) is 10.1. The summed E-state index contributed by atoms with van der Waals surface area (Å²) in [4.78, 5) is 27.0. The topological polar surface area (TPSA) is 172 Å². The standard InChI is InChI=1S/C13H12N2.3C2H4O2.ClH.H2O.2Ru/c1-3-7-12(8-4-1)14-11-15-13-9-5-2-6-10-13;3*1-2(3)4;;;;/h1-10H,11H2;3*1H3,(H,3,4);1H;1H2;;/q-2;;;;;;+1;+2/p-1. The van der Waals surface area contributed by atoms with Gasteiger partial charge < -0.3 is 31.4 Å². The largest absolute Gasteiger partial charge is 1.00 e. The number of carboxylic acid groups (broad SMARTS) is 3. The van der Waals surface area contributed by atoms with Gasteiger partial charge >= 0.3 is 46.5 Å². The zero-order valence-corrected chi connectivity index (χ0v) is 21.3. The maximum Gasteiger partial charge on any atom is 1.00 e. The molecule has 0 saturated carbocycles. The maximum absolute atomic E-state index is 9.00. The average Bonchev–Trinajstić information content (AvgIpc) is 2.64. The maximum atomic E-state index is 9.00. The van der Waals surface area contributed by atoms with Crippen molar-refractivity contribution in [2.45, 2.75) is 20.8 Å². The molecule has 0 aromatic heterocycles. The van der Waals surface area contributed by atoms with Crippen molar-refractivity contribution in [2.75, 3.05) is 6.67 Å². The van der Waals surface area contributed by atoms with Crippen LogP contribution >= 0.6 is 9.69 Å². The van der Waals surface area contributed by atoms with Crippen molar-refractivity contribution in [3.05, 3.63) is 71.3 Å². The van der Waals surface area contributed by atoms with E-state index in [1.165, 1.54) is 0 Å². The Hall–Kier alpha value is -2.05. The average molecular weight is 632 g/mol. The molecular formula is C19H26ClN2O7Ru2. The third-order valence-electron chi connectivity index (χ3n) is 2.02. The van der Waals surface area contributed by atoms with Gasteiger partial charge in [-0.25, -0.2) is 6.67 Å². The SMILES string of the molecule is CC(=O)O.CC(=O)O.CC(=O)O.O.[Cl][Ru+].[Ru+].c1ccc([N-]C[N-]c2ccccc2)cc1. The Bertz CT molecular complexity index is 587. The first kappa shape index (κ1) is 39.4.